The molecule has 0 amide bonds. The van der Waals surface area contributed by atoms with Crippen LogP contribution < -0.4 is 5.32 Å². The van der Waals surface area contributed by atoms with E-state index in [2.05, 4.69) is 18.3 Å². The molecule has 1 N–H and O–H groups in total. The number of ether oxygens (including phenoxy) is 1. The second-order valence-electron chi connectivity index (χ2n) is 3.68. The lowest BCUT2D eigenvalue weighted by atomic mass is 9.87. The molecule has 1 rings (SSSR count). The zero-order valence-electron chi connectivity index (χ0n) is 8.47. The Bertz CT molecular complexity index is 198. The van der Waals surface area contributed by atoms with E-state index in [1.165, 1.54) is 0 Å². The minimum absolute atomic E-state index is 0.269. The van der Waals surface area contributed by atoms with E-state index in [1.54, 1.807) is 0 Å². The lowest BCUT2D eigenvalue weighted by molar-refractivity contribution is -0.0170. The summed E-state index contributed by atoms with van der Waals surface area (Å²) in [4.78, 5) is 0. The quantitative estimate of drug-likeness (QED) is 0.718. The lowest BCUT2D eigenvalue weighted by Crippen LogP contribution is -2.49. The fourth-order valence-electron chi connectivity index (χ4n) is 1.84. The maximum absolute atomic E-state index is 9.06. The van der Waals surface area contributed by atoms with Crippen molar-refractivity contribution >= 4 is 0 Å². The Morgan fingerprint density at radius 2 is 2.46 bits per heavy atom. The topological polar surface area (TPSA) is 45.0 Å². The maximum atomic E-state index is 9.06. The van der Waals surface area contributed by atoms with E-state index in [1.807, 2.05) is 7.05 Å². The third-order valence-corrected chi connectivity index (χ3v) is 2.76. The van der Waals surface area contributed by atoms with E-state index in [0.29, 0.717) is 6.61 Å². The average molecular weight is 182 g/mol. The number of nitrogens with zero attached hydrogens (tertiary/aromatic N) is 1. The molecule has 13 heavy (non-hydrogen) atoms. The van der Waals surface area contributed by atoms with Crippen LogP contribution in [0.4, 0.5) is 0 Å². The van der Waals surface area contributed by atoms with Crippen molar-refractivity contribution in [1.82, 2.24) is 5.32 Å². The van der Waals surface area contributed by atoms with Crippen LogP contribution in [0.15, 0.2) is 0 Å². The Hall–Kier alpha value is -0.590. The first-order chi connectivity index (χ1) is 6.26. The average Bonchev–Trinajstić information content (AvgIpc) is 2.19. The van der Waals surface area contributed by atoms with Gasteiger partial charge in [-0.25, -0.2) is 0 Å². The highest BCUT2D eigenvalue weighted by molar-refractivity contribution is 5.08. The highest BCUT2D eigenvalue weighted by Gasteiger charge is 2.35. The van der Waals surface area contributed by atoms with E-state index in [-0.39, 0.29) is 11.6 Å². The lowest BCUT2D eigenvalue weighted by Gasteiger charge is -2.35. The van der Waals surface area contributed by atoms with Crippen molar-refractivity contribution in [3.8, 4) is 6.07 Å². The summed E-state index contributed by atoms with van der Waals surface area (Å²) < 4.78 is 5.59. The Morgan fingerprint density at radius 1 is 1.69 bits per heavy atom. The largest absolute Gasteiger partial charge is 0.378 e. The summed E-state index contributed by atoms with van der Waals surface area (Å²) in [6.45, 7) is 2.85. The van der Waals surface area contributed by atoms with Gasteiger partial charge in [0.25, 0.3) is 0 Å². The highest BCUT2D eigenvalue weighted by atomic mass is 16.5. The van der Waals surface area contributed by atoms with Gasteiger partial charge >= 0.3 is 0 Å². The maximum Gasteiger partial charge on any atom is 0.111 e. The molecule has 74 valence electrons. The van der Waals surface area contributed by atoms with E-state index in [0.717, 1.165) is 25.7 Å². The Labute approximate surface area is 80.1 Å². The van der Waals surface area contributed by atoms with Gasteiger partial charge in [-0.3, -0.25) is 0 Å². The van der Waals surface area contributed by atoms with Gasteiger partial charge in [0.05, 0.1) is 12.2 Å². The molecular formula is C10H18N2O. The third-order valence-electron chi connectivity index (χ3n) is 2.76. The van der Waals surface area contributed by atoms with Crippen molar-refractivity contribution in [2.24, 2.45) is 0 Å². The molecule has 0 aromatic carbocycles. The Kier molecular flexibility index (Phi) is 3.71. The molecule has 3 heteroatoms. The van der Waals surface area contributed by atoms with Gasteiger partial charge in [-0.2, -0.15) is 5.26 Å². The van der Waals surface area contributed by atoms with Crippen molar-refractivity contribution in [2.45, 2.75) is 44.2 Å². The van der Waals surface area contributed by atoms with Crippen LogP contribution in [0.5, 0.6) is 0 Å². The number of nitrogens with one attached hydrogen (secondary N) is 1. The summed E-state index contributed by atoms with van der Waals surface area (Å²) in [7, 11) is 1.86. The SMILES string of the molecule is CCCC1CC(C#N)(NC)CCO1. The number of rotatable bonds is 3. The molecule has 1 fully saturated rings. The summed E-state index contributed by atoms with van der Waals surface area (Å²) in [6, 6.07) is 2.36. The normalized spacial score (nSPS) is 34.1. The molecule has 0 saturated carbocycles. The van der Waals surface area contributed by atoms with Gasteiger partial charge in [0, 0.05) is 19.4 Å². The van der Waals surface area contributed by atoms with Gasteiger partial charge in [-0.15, -0.1) is 0 Å². The van der Waals surface area contributed by atoms with Crippen LogP contribution in [0, 0.1) is 11.3 Å². The molecule has 2 unspecified atom stereocenters. The molecule has 0 aliphatic carbocycles. The monoisotopic (exact) mass is 182 g/mol. The molecular weight excluding hydrogens is 164 g/mol. The number of hydrogen-bond acceptors (Lipinski definition) is 3. The van der Waals surface area contributed by atoms with Gasteiger partial charge in [0.15, 0.2) is 0 Å². The van der Waals surface area contributed by atoms with E-state index >= 15 is 0 Å². The smallest absolute Gasteiger partial charge is 0.111 e. The minimum Gasteiger partial charge on any atom is -0.378 e. The third kappa shape index (κ3) is 2.43. The fourth-order valence-corrected chi connectivity index (χ4v) is 1.84. The van der Waals surface area contributed by atoms with Gasteiger partial charge in [-0.1, -0.05) is 13.3 Å². The molecule has 0 radical (unpaired) electrons. The first kappa shape index (κ1) is 10.5. The molecule has 2 atom stereocenters. The fraction of sp³-hybridized carbons (Fsp3) is 0.900. The van der Waals surface area contributed by atoms with Crippen molar-refractivity contribution in [3.05, 3.63) is 0 Å². The van der Waals surface area contributed by atoms with E-state index in [4.69, 9.17) is 10.00 Å². The van der Waals surface area contributed by atoms with Crippen LogP contribution >= 0.6 is 0 Å². The molecule has 1 aliphatic rings. The Balaban J connectivity index is 2.54. The molecule has 1 aliphatic heterocycles. The van der Waals surface area contributed by atoms with E-state index < -0.39 is 0 Å². The van der Waals surface area contributed by atoms with Crippen LogP contribution in [0.3, 0.4) is 0 Å². The summed E-state index contributed by atoms with van der Waals surface area (Å²) in [5, 5.41) is 12.2. The molecule has 1 saturated heterocycles. The van der Waals surface area contributed by atoms with Gasteiger partial charge < -0.3 is 10.1 Å². The summed E-state index contributed by atoms with van der Waals surface area (Å²) >= 11 is 0. The van der Waals surface area contributed by atoms with Gasteiger partial charge in [0.2, 0.25) is 0 Å². The molecule has 0 aromatic rings. The van der Waals surface area contributed by atoms with Crippen LogP contribution in [0.1, 0.15) is 32.6 Å². The second kappa shape index (κ2) is 4.59. The summed E-state index contributed by atoms with van der Waals surface area (Å²) in [6.07, 6.45) is 4.08. The molecule has 0 spiro atoms. The molecule has 0 aromatic heterocycles. The standard InChI is InChI=1S/C10H18N2O/c1-3-4-9-7-10(8-11,12-2)5-6-13-9/h9,12H,3-7H2,1-2H3. The first-order valence-electron chi connectivity index (χ1n) is 4.98. The van der Waals surface area contributed by atoms with Crippen LogP contribution in [0.2, 0.25) is 0 Å². The Morgan fingerprint density at radius 3 is 3.00 bits per heavy atom. The zero-order valence-corrected chi connectivity index (χ0v) is 8.47. The zero-order chi connectivity index (χ0) is 9.73. The van der Waals surface area contributed by atoms with Crippen LogP contribution in [-0.4, -0.2) is 25.3 Å². The van der Waals surface area contributed by atoms with Crippen LogP contribution in [-0.2, 0) is 4.74 Å². The molecule has 1 heterocycles. The molecule has 0 bridgehead atoms. The predicted octanol–water partition coefficient (Wildman–Crippen LogP) is 1.45. The van der Waals surface area contributed by atoms with Crippen molar-refractivity contribution < 1.29 is 4.74 Å². The van der Waals surface area contributed by atoms with Gasteiger partial charge in [-0.05, 0) is 13.5 Å². The first-order valence-corrected chi connectivity index (χ1v) is 4.98. The second-order valence-corrected chi connectivity index (χ2v) is 3.68. The number of nitriles is 1. The minimum atomic E-state index is -0.335. The van der Waals surface area contributed by atoms with Gasteiger partial charge in [0.1, 0.15) is 5.54 Å². The van der Waals surface area contributed by atoms with Crippen LogP contribution in [0.25, 0.3) is 0 Å². The number of hydrogen-bond donors (Lipinski definition) is 1. The summed E-state index contributed by atoms with van der Waals surface area (Å²) in [5.74, 6) is 0. The van der Waals surface area contributed by atoms with Crippen molar-refractivity contribution in [1.29, 1.82) is 5.26 Å². The molecule has 3 nitrogen and oxygen atoms in total. The summed E-state index contributed by atoms with van der Waals surface area (Å²) in [5.41, 5.74) is -0.335. The highest BCUT2D eigenvalue weighted by Crippen LogP contribution is 2.26. The van der Waals surface area contributed by atoms with Crippen molar-refractivity contribution in [2.75, 3.05) is 13.7 Å². The predicted molar refractivity (Wildman–Crippen MR) is 51.3 cm³/mol. The van der Waals surface area contributed by atoms with E-state index in [9.17, 15) is 0 Å². The van der Waals surface area contributed by atoms with Crippen molar-refractivity contribution in [3.63, 3.8) is 0 Å².